The van der Waals surface area contributed by atoms with Crippen LogP contribution in [0, 0.1) is 0 Å². The summed E-state index contributed by atoms with van der Waals surface area (Å²) >= 11 is 5.47. The average molecular weight is 304 g/mol. The number of alkyl halides is 1. The molecule has 1 aliphatic rings. The van der Waals surface area contributed by atoms with Crippen molar-refractivity contribution in [1.29, 1.82) is 0 Å². The van der Waals surface area contributed by atoms with Crippen molar-refractivity contribution >= 4 is 31.5 Å². The van der Waals surface area contributed by atoms with Crippen LogP contribution >= 0.6 is 11.6 Å². The summed E-state index contributed by atoms with van der Waals surface area (Å²) in [5.74, 6) is 0.360. The Balaban J connectivity index is 2.59. The number of hydrogen-bond acceptors (Lipinski definition) is 4. The number of sulfonamides is 1. The number of halogens is 1. The zero-order valence-electron chi connectivity index (χ0n) is 9.78. The van der Waals surface area contributed by atoms with E-state index in [-0.39, 0.29) is 17.3 Å². The van der Waals surface area contributed by atoms with Crippen LogP contribution in [0.4, 0.5) is 0 Å². The second-order valence-electron chi connectivity index (χ2n) is 4.72. The summed E-state index contributed by atoms with van der Waals surface area (Å²) < 4.78 is 48.6. The molecule has 1 N–H and O–H groups in total. The molecule has 5 nitrogen and oxygen atoms in total. The maximum atomic E-state index is 11.7. The monoisotopic (exact) mass is 303 g/mol. The maximum Gasteiger partial charge on any atom is 0.212 e. The van der Waals surface area contributed by atoms with Crippen molar-refractivity contribution in [2.24, 2.45) is 0 Å². The predicted molar refractivity (Wildman–Crippen MR) is 68.6 cm³/mol. The van der Waals surface area contributed by atoms with Crippen LogP contribution in [-0.2, 0) is 19.9 Å². The van der Waals surface area contributed by atoms with Gasteiger partial charge in [0.2, 0.25) is 10.0 Å². The first-order chi connectivity index (χ1) is 7.68. The van der Waals surface area contributed by atoms with E-state index < -0.39 is 25.4 Å². The highest BCUT2D eigenvalue weighted by atomic mass is 35.5. The number of sulfone groups is 1. The third-order valence-corrected chi connectivity index (χ3v) is 6.50. The van der Waals surface area contributed by atoms with Crippen LogP contribution in [0.2, 0.25) is 0 Å². The molecular formula is C9H18ClNO4S2. The molecule has 1 aliphatic heterocycles. The van der Waals surface area contributed by atoms with Gasteiger partial charge >= 0.3 is 0 Å². The van der Waals surface area contributed by atoms with Gasteiger partial charge in [-0.2, -0.15) is 0 Å². The first kappa shape index (κ1) is 15.2. The van der Waals surface area contributed by atoms with Crippen molar-refractivity contribution in [2.75, 3.05) is 23.1 Å². The van der Waals surface area contributed by atoms with Gasteiger partial charge in [-0.3, -0.25) is 0 Å². The molecule has 8 heteroatoms. The third-order valence-electron chi connectivity index (χ3n) is 2.70. The molecule has 1 unspecified atom stereocenters. The minimum atomic E-state index is -3.42. The fraction of sp³-hybridized carbons (Fsp3) is 1.00. The van der Waals surface area contributed by atoms with Crippen LogP contribution in [0.3, 0.4) is 0 Å². The molecule has 17 heavy (non-hydrogen) atoms. The molecule has 1 heterocycles. The molecule has 1 rings (SSSR count). The van der Waals surface area contributed by atoms with Crippen LogP contribution in [0.5, 0.6) is 0 Å². The molecule has 0 aromatic heterocycles. The lowest BCUT2D eigenvalue weighted by molar-refractivity contribution is 0.461. The topological polar surface area (TPSA) is 80.3 Å². The fourth-order valence-corrected chi connectivity index (χ4v) is 5.89. The number of rotatable bonds is 6. The van der Waals surface area contributed by atoms with Crippen molar-refractivity contribution in [3.63, 3.8) is 0 Å². The van der Waals surface area contributed by atoms with Crippen molar-refractivity contribution in [1.82, 2.24) is 4.72 Å². The van der Waals surface area contributed by atoms with E-state index in [0.29, 0.717) is 25.1 Å². The first-order valence-corrected chi connectivity index (χ1v) is 9.47. The van der Waals surface area contributed by atoms with Gasteiger partial charge in [-0.25, -0.2) is 21.6 Å². The molecule has 0 spiro atoms. The number of hydrogen-bond donors (Lipinski definition) is 1. The van der Waals surface area contributed by atoms with Gasteiger partial charge in [-0.15, -0.1) is 11.6 Å². The molecule has 102 valence electrons. The van der Waals surface area contributed by atoms with Gasteiger partial charge in [-0.05, 0) is 26.2 Å². The van der Waals surface area contributed by atoms with Crippen LogP contribution in [-0.4, -0.2) is 45.5 Å². The Kier molecular flexibility index (Phi) is 4.85. The van der Waals surface area contributed by atoms with Gasteiger partial charge in [0.05, 0.1) is 17.3 Å². The van der Waals surface area contributed by atoms with E-state index >= 15 is 0 Å². The minimum Gasteiger partial charge on any atom is -0.229 e. The molecule has 0 aliphatic carbocycles. The average Bonchev–Trinajstić information content (AvgIpc) is 2.39. The Hall–Kier alpha value is 0.150. The normalized spacial score (nSPS) is 28.4. The van der Waals surface area contributed by atoms with Gasteiger partial charge in [0.1, 0.15) is 0 Å². The lowest BCUT2D eigenvalue weighted by Crippen LogP contribution is -2.47. The van der Waals surface area contributed by atoms with Crippen LogP contribution in [0.25, 0.3) is 0 Å². The van der Waals surface area contributed by atoms with E-state index in [0.717, 1.165) is 0 Å². The predicted octanol–water partition coefficient (Wildman–Crippen LogP) is 0.502. The van der Waals surface area contributed by atoms with E-state index in [1.807, 2.05) is 0 Å². The summed E-state index contributed by atoms with van der Waals surface area (Å²) in [5, 5.41) is 0. The highest BCUT2D eigenvalue weighted by molar-refractivity contribution is 7.92. The second-order valence-corrected chi connectivity index (χ2v) is 9.12. The van der Waals surface area contributed by atoms with E-state index in [9.17, 15) is 16.8 Å². The van der Waals surface area contributed by atoms with Gasteiger partial charge < -0.3 is 0 Å². The molecule has 1 saturated heterocycles. The lowest BCUT2D eigenvalue weighted by Gasteiger charge is -2.23. The molecule has 0 amide bonds. The third kappa shape index (κ3) is 5.11. The van der Waals surface area contributed by atoms with Gasteiger partial charge in [-0.1, -0.05) is 0 Å². The van der Waals surface area contributed by atoms with E-state index in [2.05, 4.69) is 4.72 Å². The fourth-order valence-electron chi connectivity index (χ4n) is 1.90. The summed E-state index contributed by atoms with van der Waals surface area (Å²) in [5.41, 5.74) is -0.849. The lowest BCUT2D eigenvalue weighted by atomic mass is 10.0. The summed E-state index contributed by atoms with van der Waals surface area (Å²) in [6.07, 6.45) is 1.46. The quantitative estimate of drug-likeness (QED) is 0.572. The van der Waals surface area contributed by atoms with Gasteiger partial charge in [0.25, 0.3) is 0 Å². The maximum absolute atomic E-state index is 11.7. The van der Waals surface area contributed by atoms with E-state index in [4.69, 9.17) is 11.6 Å². The second kappa shape index (κ2) is 5.42. The Labute approximate surface area is 108 Å². The Morgan fingerprint density at radius 2 is 2.00 bits per heavy atom. The number of nitrogens with one attached hydrogen (secondary N) is 1. The first-order valence-electron chi connectivity index (χ1n) is 5.46. The molecule has 0 aromatic rings. The van der Waals surface area contributed by atoms with Crippen molar-refractivity contribution in [2.45, 2.75) is 31.7 Å². The Bertz CT molecular complexity index is 459. The summed E-state index contributed by atoms with van der Waals surface area (Å²) in [6, 6.07) is 0. The number of unbranched alkanes of at least 4 members (excludes halogenated alkanes) is 1. The zero-order valence-corrected chi connectivity index (χ0v) is 12.2. The molecular weight excluding hydrogens is 286 g/mol. The van der Waals surface area contributed by atoms with Crippen molar-refractivity contribution in [3.05, 3.63) is 0 Å². The smallest absolute Gasteiger partial charge is 0.212 e. The summed E-state index contributed by atoms with van der Waals surface area (Å²) in [4.78, 5) is 0. The van der Waals surface area contributed by atoms with Crippen LogP contribution in [0.1, 0.15) is 26.2 Å². The molecule has 0 aromatic carbocycles. The highest BCUT2D eigenvalue weighted by Gasteiger charge is 2.40. The van der Waals surface area contributed by atoms with Gasteiger partial charge in [0.15, 0.2) is 9.84 Å². The van der Waals surface area contributed by atoms with E-state index in [1.54, 1.807) is 6.92 Å². The van der Waals surface area contributed by atoms with Crippen molar-refractivity contribution < 1.29 is 16.8 Å². The van der Waals surface area contributed by atoms with Crippen LogP contribution in [0.15, 0.2) is 0 Å². The summed E-state index contributed by atoms with van der Waals surface area (Å²) in [7, 11) is -6.52. The Morgan fingerprint density at radius 1 is 1.35 bits per heavy atom. The largest absolute Gasteiger partial charge is 0.229 e. The van der Waals surface area contributed by atoms with Crippen LogP contribution < -0.4 is 4.72 Å². The molecule has 1 atom stereocenters. The summed E-state index contributed by atoms with van der Waals surface area (Å²) in [6.45, 7) is 1.64. The standard InChI is InChI=1S/C9H18ClNO4S2/c1-9(4-7-16(12,13)8-9)11-17(14,15)6-3-2-5-10/h11H,2-8H2,1H3. The highest BCUT2D eigenvalue weighted by Crippen LogP contribution is 2.23. The molecule has 0 saturated carbocycles. The minimum absolute atomic E-state index is 0.00461. The Morgan fingerprint density at radius 3 is 2.47 bits per heavy atom. The zero-order chi connectivity index (χ0) is 13.2. The van der Waals surface area contributed by atoms with Crippen molar-refractivity contribution in [3.8, 4) is 0 Å². The SMILES string of the molecule is CC1(NS(=O)(=O)CCCCCl)CCS(=O)(=O)C1. The molecule has 1 fully saturated rings. The van der Waals surface area contributed by atoms with Gasteiger partial charge in [0, 0.05) is 11.4 Å². The van der Waals surface area contributed by atoms with E-state index in [1.165, 1.54) is 0 Å². The molecule has 0 radical (unpaired) electrons. The molecule has 0 bridgehead atoms.